The number of rotatable bonds is 2. The van der Waals surface area contributed by atoms with Crippen LogP contribution in [0.3, 0.4) is 0 Å². The fourth-order valence-corrected chi connectivity index (χ4v) is 1.87. The van der Waals surface area contributed by atoms with Crippen molar-refractivity contribution in [3.63, 3.8) is 0 Å². The number of carbonyl (C=O) groups excluding carboxylic acids is 1. The Bertz CT molecular complexity index is 375. The van der Waals surface area contributed by atoms with Crippen LogP contribution in [0.2, 0.25) is 0 Å². The molecule has 2 heterocycles. The molecule has 12 heavy (non-hydrogen) atoms. The van der Waals surface area contributed by atoms with Gasteiger partial charge in [-0.05, 0) is 18.2 Å². The predicted octanol–water partition coefficient (Wildman–Crippen LogP) is 2.56. The molecular formula is C9H7NOS. The topological polar surface area (TPSA) is 32.9 Å². The molecule has 0 fully saturated rings. The summed E-state index contributed by atoms with van der Waals surface area (Å²) in [5, 5.41) is 0. The van der Waals surface area contributed by atoms with Crippen LogP contribution in [-0.4, -0.2) is 11.3 Å². The minimum Gasteiger partial charge on any atom is -0.367 e. The van der Waals surface area contributed by atoms with Gasteiger partial charge in [0, 0.05) is 22.8 Å². The molecule has 0 bridgehead atoms. The zero-order valence-corrected chi connectivity index (χ0v) is 7.10. The zero-order valence-electron chi connectivity index (χ0n) is 6.28. The minimum absolute atomic E-state index is 0.770. The molecule has 0 unspecified atom stereocenters. The zero-order chi connectivity index (χ0) is 8.39. The second-order valence-corrected chi connectivity index (χ2v) is 3.53. The molecule has 0 saturated heterocycles. The van der Waals surface area contributed by atoms with Gasteiger partial charge in [0.05, 0.1) is 4.88 Å². The Kier molecular flexibility index (Phi) is 1.80. The monoisotopic (exact) mass is 177 g/mol. The summed E-state index contributed by atoms with van der Waals surface area (Å²) in [6, 6.07) is 5.78. The SMILES string of the molecule is O=Cc1ccc(-c2cc[nH]c2)s1. The van der Waals surface area contributed by atoms with Crippen molar-refractivity contribution in [3.8, 4) is 10.4 Å². The van der Waals surface area contributed by atoms with E-state index in [1.54, 1.807) is 0 Å². The second kappa shape index (κ2) is 2.95. The fourth-order valence-electron chi connectivity index (χ4n) is 1.05. The van der Waals surface area contributed by atoms with Gasteiger partial charge in [0.25, 0.3) is 0 Å². The Hall–Kier alpha value is -1.35. The molecule has 0 radical (unpaired) electrons. The van der Waals surface area contributed by atoms with Crippen LogP contribution in [0.1, 0.15) is 9.67 Å². The molecule has 0 amide bonds. The van der Waals surface area contributed by atoms with E-state index in [1.165, 1.54) is 11.3 Å². The Balaban J connectivity index is 2.41. The van der Waals surface area contributed by atoms with Gasteiger partial charge in [0.1, 0.15) is 0 Å². The maximum absolute atomic E-state index is 10.4. The van der Waals surface area contributed by atoms with Gasteiger partial charge >= 0.3 is 0 Å². The van der Waals surface area contributed by atoms with Crippen LogP contribution in [0.15, 0.2) is 30.6 Å². The van der Waals surface area contributed by atoms with Crippen LogP contribution < -0.4 is 0 Å². The van der Waals surface area contributed by atoms with E-state index in [2.05, 4.69) is 4.98 Å². The Labute approximate surface area is 73.9 Å². The van der Waals surface area contributed by atoms with E-state index in [1.807, 2.05) is 30.6 Å². The van der Waals surface area contributed by atoms with Gasteiger partial charge in [-0.1, -0.05) is 0 Å². The summed E-state index contributed by atoms with van der Waals surface area (Å²) < 4.78 is 0. The Morgan fingerprint density at radius 1 is 1.33 bits per heavy atom. The van der Waals surface area contributed by atoms with Gasteiger partial charge in [0.2, 0.25) is 0 Å². The Morgan fingerprint density at radius 3 is 2.83 bits per heavy atom. The van der Waals surface area contributed by atoms with Crippen LogP contribution in [0, 0.1) is 0 Å². The molecule has 0 spiro atoms. The summed E-state index contributed by atoms with van der Waals surface area (Å²) in [5.74, 6) is 0. The van der Waals surface area contributed by atoms with Crippen molar-refractivity contribution in [2.75, 3.05) is 0 Å². The van der Waals surface area contributed by atoms with Gasteiger partial charge in [-0.3, -0.25) is 4.79 Å². The highest BCUT2D eigenvalue weighted by Gasteiger charge is 2.00. The number of thiophene rings is 1. The van der Waals surface area contributed by atoms with Crippen molar-refractivity contribution < 1.29 is 4.79 Å². The summed E-state index contributed by atoms with van der Waals surface area (Å²) in [5.41, 5.74) is 1.13. The first-order valence-corrected chi connectivity index (χ1v) is 4.40. The highest BCUT2D eigenvalue weighted by atomic mass is 32.1. The van der Waals surface area contributed by atoms with E-state index in [-0.39, 0.29) is 0 Å². The molecule has 0 aliphatic heterocycles. The smallest absolute Gasteiger partial charge is 0.160 e. The maximum Gasteiger partial charge on any atom is 0.160 e. The number of carbonyl (C=O) groups is 1. The molecule has 2 aromatic heterocycles. The van der Waals surface area contributed by atoms with E-state index < -0.39 is 0 Å². The third kappa shape index (κ3) is 1.19. The first kappa shape index (κ1) is 7.31. The highest BCUT2D eigenvalue weighted by molar-refractivity contribution is 7.17. The largest absolute Gasteiger partial charge is 0.367 e. The van der Waals surface area contributed by atoms with Crippen molar-refractivity contribution in [1.29, 1.82) is 0 Å². The molecule has 0 atom stereocenters. The van der Waals surface area contributed by atoms with Crippen LogP contribution >= 0.6 is 11.3 Å². The molecule has 0 aromatic carbocycles. The van der Waals surface area contributed by atoms with Gasteiger partial charge in [-0.25, -0.2) is 0 Å². The average Bonchev–Trinajstić information content (AvgIpc) is 2.75. The van der Waals surface area contributed by atoms with Gasteiger partial charge in [-0.15, -0.1) is 11.3 Å². The fraction of sp³-hybridized carbons (Fsp3) is 0. The minimum atomic E-state index is 0.770. The van der Waals surface area contributed by atoms with Crippen molar-refractivity contribution in [1.82, 2.24) is 4.98 Å². The van der Waals surface area contributed by atoms with Crippen molar-refractivity contribution in [3.05, 3.63) is 35.5 Å². The molecule has 1 N–H and O–H groups in total. The summed E-state index contributed by atoms with van der Waals surface area (Å²) in [4.78, 5) is 15.3. The summed E-state index contributed by atoms with van der Waals surface area (Å²) in [7, 11) is 0. The first-order valence-electron chi connectivity index (χ1n) is 3.58. The molecule has 2 aromatic rings. The van der Waals surface area contributed by atoms with E-state index in [0.29, 0.717) is 0 Å². The van der Waals surface area contributed by atoms with Crippen LogP contribution in [0.4, 0.5) is 0 Å². The molecular weight excluding hydrogens is 170 g/mol. The second-order valence-electron chi connectivity index (χ2n) is 2.42. The molecule has 0 aliphatic rings. The third-order valence-corrected chi connectivity index (χ3v) is 2.69. The van der Waals surface area contributed by atoms with Crippen molar-refractivity contribution in [2.45, 2.75) is 0 Å². The van der Waals surface area contributed by atoms with Crippen LogP contribution in [-0.2, 0) is 0 Å². The number of H-pyrrole nitrogens is 1. The number of hydrogen-bond acceptors (Lipinski definition) is 2. The lowest BCUT2D eigenvalue weighted by molar-refractivity contribution is 0.112. The number of nitrogens with one attached hydrogen (secondary N) is 1. The number of aromatic amines is 1. The van der Waals surface area contributed by atoms with E-state index in [0.717, 1.165) is 21.6 Å². The summed E-state index contributed by atoms with van der Waals surface area (Å²) >= 11 is 1.50. The number of aromatic nitrogens is 1. The van der Waals surface area contributed by atoms with Crippen LogP contribution in [0.5, 0.6) is 0 Å². The lowest BCUT2D eigenvalue weighted by Gasteiger charge is -1.86. The van der Waals surface area contributed by atoms with E-state index in [9.17, 15) is 4.79 Å². The van der Waals surface area contributed by atoms with E-state index in [4.69, 9.17) is 0 Å². The van der Waals surface area contributed by atoms with Crippen molar-refractivity contribution >= 4 is 17.6 Å². The molecule has 0 aliphatic carbocycles. The lowest BCUT2D eigenvalue weighted by atomic mass is 10.3. The molecule has 60 valence electrons. The molecule has 2 nitrogen and oxygen atoms in total. The highest BCUT2D eigenvalue weighted by Crippen LogP contribution is 2.26. The maximum atomic E-state index is 10.4. The van der Waals surface area contributed by atoms with Crippen LogP contribution in [0.25, 0.3) is 10.4 Å². The normalized spacial score (nSPS) is 10.0. The first-order chi connectivity index (χ1) is 5.90. The van der Waals surface area contributed by atoms with E-state index >= 15 is 0 Å². The average molecular weight is 177 g/mol. The Morgan fingerprint density at radius 2 is 2.25 bits per heavy atom. The van der Waals surface area contributed by atoms with Crippen molar-refractivity contribution in [2.24, 2.45) is 0 Å². The summed E-state index contributed by atoms with van der Waals surface area (Å²) in [6.07, 6.45) is 4.66. The molecule has 0 saturated carbocycles. The quantitative estimate of drug-likeness (QED) is 0.702. The molecule has 2 rings (SSSR count). The number of hydrogen-bond donors (Lipinski definition) is 1. The third-order valence-electron chi connectivity index (χ3n) is 1.63. The lowest BCUT2D eigenvalue weighted by Crippen LogP contribution is -1.63. The van der Waals surface area contributed by atoms with Gasteiger partial charge in [-0.2, -0.15) is 0 Å². The summed E-state index contributed by atoms with van der Waals surface area (Å²) in [6.45, 7) is 0. The standard InChI is InChI=1S/C9H7NOS/c11-6-8-1-2-9(12-8)7-3-4-10-5-7/h1-6,10H. The predicted molar refractivity (Wildman–Crippen MR) is 49.5 cm³/mol. The van der Waals surface area contributed by atoms with Gasteiger partial charge < -0.3 is 4.98 Å². The number of aldehydes is 1. The molecule has 3 heteroatoms. The van der Waals surface area contributed by atoms with Gasteiger partial charge in [0.15, 0.2) is 6.29 Å².